The topological polar surface area (TPSA) is 58.6 Å². The fourth-order valence-corrected chi connectivity index (χ4v) is 3.82. The van der Waals surface area contributed by atoms with Gasteiger partial charge < -0.3 is 15.0 Å². The molecule has 0 aromatic carbocycles. The number of ether oxygens (including phenoxy) is 1. The van der Waals surface area contributed by atoms with Gasteiger partial charge in [0.15, 0.2) is 0 Å². The molecule has 2 aliphatic rings. The molecule has 0 aromatic rings. The Bertz CT molecular complexity index is 511. The number of thioether (sulfide) groups is 1. The Morgan fingerprint density at radius 1 is 1.52 bits per heavy atom. The number of rotatable bonds is 4. The van der Waals surface area contributed by atoms with Crippen molar-refractivity contribution >= 4 is 23.6 Å². The summed E-state index contributed by atoms with van der Waals surface area (Å²) < 4.78 is 5.38. The maximum absolute atomic E-state index is 12.3. The van der Waals surface area contributed by atoms with Crippen LogP contribution in [0.15, 0.2) is 22.4 Å². The van der Waals surface area contributed by atoms with Crippen molar-refractivity contribution in [2.24, 2.45) is 5.92 Å². The number of likely N-dealkylation sites (N-methyl/N-ethyl adjacent to an activating group) is 1. The first kappa shape index (κ1) is 15.9. The first-order valence-electron chi connectivity index (χ1n) is 7.25. The third kappa shape index (κ3) is 3.26. The van der Waals surface area contributed by atoms with E-state index in [2.05, 4.69) is 17.1 Å². The number of carbonyl (C=O) groups excluding carboxylic acids is 2. The van der Waals surface area contributed by atoms with Gasteiger partial charge in [0.25, 0.3) is 0 Å². The van der Waals surface area contributed by atoms with E-state index in [0.717, 1.165) is 35.0 Å². The van der Waals surface area contributed by atoms with E-state index < -0.39 is 0 Å². The average molecular weight is 310 g/mol. The molecule has 5 nitrogen and oxygen atoms in total. The number of hydrogen-bond acceptors (Lipinski definition) is 5. The lowest BCUT2D eigenvalue weighted by molar-refractivity contribution is -0.143. The quantitative estimate of drug-likeness (QED) is 0.634. The monoisotopic (exact) mass is 310 g/mol. The molecular formula is C15H22N2O3S. The number of nitrogens with one attached hydrogen (secondary N) is 1. The predicted octanol–water partition coefficient (Wildman–Crippen LogP) is 1.87. The van der Waals surface area contributed by atoms with E-state index in [9.17, 15) is 9.59 Å². The largest absolute Gasteiger partial charge is 0.460 e. The lowest BCUT2D eigenvalue weighted by atomic mass is 10.00. The summed E-state index contributed by atoms with van der Waals surface area (Å²) in [6.45, 7) is 6.54. The molecular weight excluding hydrogens is 288 g/mol. The van der Waals surface area contributed by atoms with Crippen LogP contribution in [0.3, 0.4) is 0 Å². The summed E-state index contributed by atoms with van der Waals surface area (Å²) in [5.41, 5.74) is 1.73. The molecule has 2 heterocycles. The molecule has 0 bridgehead atoms. The predicted molar refractivity (Wildman–Crippen MR) is 83.3 cm³/mol. The number of esters is 1. The van der Waals surface area contributed by atoms with E-state index in [1.807, 2.05) is 13.8 Å². The minimum atomic E-state index is -0.219. The summed E-state index contributed by atoms with van der Waals surface area (Å²) in [5.74, 6) is 0.561. The molecule has 2 rings (SSSR count). The second-order valence-corrected chi connectivity index (χ2v) is 6.39. The van der Waals surface area contributed by atoms with Crippen molar-refractivity contribution in [2.75, 3.05) is 19.3 Å². The van der Waals surface area contributed by atoms with Crippen molar-refractivity contribution in [3.8, 4) is 0 Å². The van der Waals surface area contributed by atoms with Crippen molar-refractivity contribution in [1.82, 2.24) is 10.2 Å². The Morgan fingerprint density at radius 3 is 2.81 bits per heavy atom. The second-order valence-electron chi connectivity index (χ2n) is 5.43. The number of hydrogen-bond donors (Lipinski definition) is 1. The smallest absolute Gasteiger partial charge is 0.337 e. The molecule has 0 aliphatic carbocycles. The molecule has 116 valence electrons. The summed E-state index contributed by atoms with van der Waals surface area (Å²) in [7, 11) is 1.61. The first-order chi connectivity index (χ1) is 9.97. The molecule has 0 spiro atoms. The molecule has 2 aliphatic heterocycles. The summed E-state index contributed by atoms with van der Waals surface area (Å²) in [6, 6.07) is 0. The van der Waals surface area contributed by atoms with Gasteiger partial charge in [0.1, 0.15) is 0 Å². The summed E-state index contributed by atoms with van der Waals surface area (Å²) in [4.78, 5) is 26.0. The van der Waals surface area contributed by atoms with Crippen molar-refractivity contribution < 1.29 is 14.3 Å². The van der Waals surface area contributed by atoms with Gasteiger partial charge in [-0.15, -0.1) is 11.8 Å². The molecule has 0 aromatic heterocycles. The van der Waals surface area contributed by atoms with Crippen LogP contribution in [0.4, 0.5) is 0 Å². The van der Waals surface area contributed by atoms with Crippen molar-refractivity contribution in [3.05, 3.63) is 22.4 Å². The fraction of sp³-hybridized carbons (Fsp3) is 0.600. The second kappa shape index (κ2) is 6.56. The maximum atomic E-state index is 12.3. The molecule has 1 saturated heterocycles. The Morgan fingerprint density at radius 2 is 2.24 bits per heavy atom. The van der Waals surface area contributed by atoms with Gasteiger partial charge in [-0.05, 0) is 20.3 Å². The van der Waals surface area contributed by atoms with Crippen LogP contribution in [-0.4, -0.2) is 42.2 Å². The Kier molecular flexibility index (Phi) is 4.98. The molecule has 6 heteroatoms. The third-order valence-corrected chi connectivity index (χ3v) is 4.74. The number of amides is 1. The van der Waals surface area contributed by atoms with E-state index in [4.69, 9.17) is 4.74 Å². The van der Waals surface area contributed by atoms with Gasteiger partial charge in [-0.3, -0.25) is 4.79 Å². The summed E-state index contributed by atoms with van der Waals surface area (Å²) in [6.07, 6.45) is 2.38. The highest BCUT2D eigenvalue weighted by atomic mass is 32.2. The molecule has 1 atom stereocenters. The highest BCUT2D eigenvalue weighted by Crippen LogP contribution is 2.45. The molecule has 1 amide bonds. The normalized spacial score (nSPS) is 23.0. The lowest BCUT2D eigenvalue weighted by Gasteiger charge is -2.16. The maximum Gasteiger partial charge on any atom is 0.337 e. The zero-order valence-electron chi connectivity index (χ0n) is 12.9. The van der Waals surface area contributed by atoms with Crippen LogP contribution >= 0.6 is 11.8 Å². The Labute approximate surface area is 129 Å². The summed E-state index contributed by atoms with van der Waals surface area (Å²) in [5, 5.41) is 3.56. The Hall–Kier alpha value is -1.43. The van der Waals surface area contributed by atoms with Crippen molar-refractivity contribution in [1.29, 1.82) is 0 Å². The molecule has 0 radical (unpaired) electrons. The van der Waals surface area contributed by atoms with Gasteiger partial charge in [0.05, 0.1) is 16.7 Å². The van der Waals surface area contributed by atoms with E-state index in [1.165, 1.54) is 0 Å². The summed E-state index contributed by atoms with van der Waals surface area (Å²) >= 11 is 1.61. The third-order valence-electron chi connectivity index (χ3n) is 3.59. The van der Waals surface area contributed by atoms with Crippen LogP contribution < -0.4 is 5.32 Å². The van der Waals surface area contributed by atoms with Crippen LogP contribution in [0.5, 0.6) is 0 Å². The highest BCUT2D eigenvalue weighted by Gasteiger charge is 2.40. The van der Waals surface area contributed by atoms with Crippen molar-refractivity contribution in [3.63, 3.8) is 0 Å². The number of carbonyl (C=O) groups is 2. The standard InChI is InChI=1S/C15H22N2O3S/c1-5-10-7-17-11(6-12(18)16-4)8-21-14(17)13(10)15(19)20-9(2)3/h6,9-10H,5,7-8H2,1-4H3,(H,16,18). The van der Waals surface area contributed by atoms with Crippen LogP contribution in [0.1, 0.15) is 27.2 Å². The van der Waals surface area contributed by atoms with Gasteiger partial charge in [-0.25, -0.2) is 4.79 Å². The number of nitrogens with zero attached hydrogens (tertiary/aromatic N) is 1. The molecule has 1 fully saturated rings. The molecule has 1 unspecified atom stereocenters. The van der Waals surface area contributed by atoms with E-state index in [1.54, 1.807) is 24.9 Å². The van der Waals surface area contributed by atoms with E-state index in [-0.39, 0.29) is 23.9 Å². The van der Waals surface area contributed by atoms with Crippen LogP contribution in [0.25, 0.3) is 0 Å². The van der Waals surface area contributed by atoms with Crippen LogP contribution in [0, 0.1) is 5.92 Å². The lowest BCUT2D eigenvalue weighted by Crippen LogP contribution is -2.22. The first-order valence-corrected chi connectivity index (χ1v) is 8.24. The Balaban J connectivity index is 2.28. The SMILES string of the molecule is CCC1CN2C(=CC(=O)NC)CSC2=C1C(=O)OC(C)C. The van der Waals surface area contributed by atoms with Crippen molar-refractivity contribution in [2.45, 2.75) is 33.3 Å². The molecule has 21 heavy (non-hydrogen) atoms. The number of fused-ring (bicyclic) bond motifs is 1. The van der Waals surface area contributed by atoms with Gasteiger partial charge in [0, 0.05) is 37.0 Å². The average Bonchev–Trinajstić information content (AvgIpc) is 2.97. The highest BCUT2D eigenvalue weighted by molar-refractivity contribution is 8.03. The van der Waals surface area contributed by atoms with Gasteiger partial charge in [0.2, 0.25) is 5.91 Å². The molecule has 1 N–H and O–H groups in total. The van der Waals surface area contributed by atoms with Gasteiger partial charge in [-0.2, -0.15) is 0 Å². The minimum Gasteiger partial charge on any atom is -0.460 e. The van der Waals surface area contributed by atoms with Gasteiger partial charge in [-0.1, -0.05) is 6.92 Å². The zero-order chi connectivity index (χ0) is 15.6. The van der Waals surface area contributed by atoms with E-state index in [0.29, 0.717) is 0 Å². The minimum absolute atomic E-state index is 0.113. The fourth-order valence-electron chi connectivity index (χ4n) is 2.55. The van der Waals surface area contributed by atoms with E-state index >= 15 is 0 Å². The zero-order valence-corrected chi connectivity index (χ0v) is 13.8. The van der Waals surface area contributed by atoms with Crippen LogP contribution in [0.2, 0.25) is 0 Å². The van der Waals surface area contributed by atoms with Crippen LogP contribution in [-0.2, 0) is 14.3 Å². The molecule has 0 saturated carbocycles. The van der Waals surface area contributed by atoms with Gasteiger partial charge >= 0.3 is 5.97 Å².